The van der Waals surface area contributed by atoms with Crippen LogP contribution in [-0.2, 0) is 29.8 Å². The smallest absolute Gasteiger partial charge is 0.410 e. The van der Waals surface area contributed by atoms with E-state index in [4.69, 9.17) is 36.3 Å². The summed E-state index contributed by atoms with van der Waals surface area (Å²) >= 11 is 4.81. The van der Waals surface area contributed by atoms with Gasteiger partial charge in [-0.05, 0) is 89.9 Å². The first-order valence-corrected chi connectivity index (χ1v) is 22.0. The van der Waals surface area contributed by atoms with Crippen molar-refractivity contribution in [2.45, 2.75) is 137 Å². The number of carbonyl (C=O) groups excluding carboxylic acids is 2. The number of likely N-dealkylation sites (tertiary alicyclic amines) is 2. The molecule has 2 aliphatic heterocycles. The molecule has 8 rings (SSSR count). The Balaban J connectivity index is 0.000000189. The van der Waals surface area contributed by atoms with Gasteiger partial charge in [0.2, 0.25) is 0 Å². The molecule has 4 saturated carbocycles. The Bertz CT molecular complexity index is 1740. The number of alkyl halides is 3. The lowest BCUT2D eigenvalue weighted by Gasteiger charge is -2.32. The Hall–Kier alpha value is -3.45. The van der Waals surface area contributed by atoms with E-state index in [1.807, 2.05) is 13.8 Å². The number of fused-ring (bicyclic) bond motifs is 2. The molecule has 4 heterocycles. The zero-order valence-corrected chi connectivity index (χ0v) is 36.3. The van der Waals surface area contributed by atoms with E-state index in [9.17, 15) is 27.2 Å². The summed E-state index contributed by atoms with van der Waals surface area (Å²) < 4.78 is 71.8. The van der Waals surface area contributed by atoms with Crippen molar-refractivity contribution in [1.82, 2.24) is 35.1 Å². The zero-order chi connectivity index (χ0) is 43.9. The molecule has 6 fully saturated rings. The summed E-state index contributed by atoms with van der Waals surface area (Å²) in [6.07, 6.45) is 13.5. The maximum Gasteiger partial charge on any atom is 0.410 e. The molecule has 4 aliphatic carbocycles. The van der Waals surface area contributed by atoms with Gasteiger partial charge in [-0.2, -0.15) is 0 Å². The number of nitrogens with zero attached hydrogens (tertiary/aromatic N) is 6. The maximum absolute atomic E-state index is 13.1. The molecule has 0 unspecified atom stereocenters. The normalized spacial score (nSPS) is 34.5. The Labute approximate surface area is 360 Å². The molecule has 0 aromatic carbocycles. The Morgan fingerprint density at radius 1 is 0.770 bits per heavy atom. The van der Waals surface area contributed by atoms with Gasteiger partial charge in [-0.3, -0.25) is 9.80 Å². The lowest BCUT2D eigenvalue weighted by molar-refractivity contribution is -0.0113. The van der Waals surface area contributed by atoms with E-state index in [0.717, 1.165) is 75.9 Å². The fraction of sp³-hybridized carbons (Fsp3) is 0.762. The number of nitrogens with one attached hydrogen (secondary N) is 1. The molecule has 2 aromatic heterocycles. The van der Waals surface area contributed by atoms with Crippen molar-refractivity contribution in [1.29, 1.82) is 0 Å². The lowest BCUT2D eigenvalue weighted by atomic mass is 9.86. The minimum Gasteiger partial charge on any atom is -0.453 e. The van der Waals surface area contributed by atoms with Crippen LogP contribution in [0.1, 0.15) is 89.7 Å². The van der Waals surface area contributed by atoms with E-state index in [2.05, 4.69) is 25.3 Å². The maximum atomic E-state index is 13.1. The number of hydrogen-bond acceptors (Lipinski definition) is 12. The average molecular weight is 885 g/mol. The van der Waals surface area contributed by atoms with Gasteiger partial charge < -0.3 is 30.0 Å². The average Bonchev–Trinajstić information content (AvgIpc) is 4.14. The molecule has 6 aliphatic rings. The predicted molar refractivity (Wildman–Crippen MR) is 217 cm³/mol. The molecular weight excluding hydrogens is 824 g/mol. The molecule has 3 N–H and O–H groups in total. The molecule has 14 nitrogen and oxygen atoms in total. The van der Waals surface area contributed by atoms with Crippen molar-refractivity contribution in [3.8, 4) is 0 Å². The highest BCUT2D eigenvalue weighted by Gasteiger charge is 2.61. The van der Waals surface area contributed by atoms with Gasteiger partial charge in [0.15, 0.2) is 11.6 Å². The summed E-state index contributed by atoms with van der Waals surface area (Å²) in [5, 5.41) is 3.21. The summed E-state index contributed by atoms with van der Waals surface area (Å²) in [4.78, 5) is 44.6. The highest BCUT2D eigenvalue weighted by atomic mass is 35.5. The number of hydrogen-bond donors (Lipinski definition) is 2. The molecule has 12 atom stereocenters. The van der Waals surface area contributed by atoms with Crippen LogP contribution >= 0.6 is 11.6 Å². The van der Waals surface area contributed by atoms with Crippen molar-refractivity contribution in [3.63, 3.8) is 0 Å². The van der Waals surface area contributed by atoms with Gasteiger partial charge in [0.05, 0.1) is 82.4 Å². The molecule has 61 heavy (non-hydrogen) atoms. The van der Waals surface area contributed by atoms with Crippen LogP contribution in [0.3, 0.4) is 0 Å². The van der Waals surface area contributed by atoms with Crippen LogP contribution in [0.25, 0.3) is 0 Å². The van der Waals surface area contributed by atoms with Gasteiger partial charge in [0, 0.05) is 41.5 Å². The second-order valence-electron chi connectivity index (χ2n) is 17.4. The molecule has 0 spiro atoms. The largest absolute Gasteiger partial charge is 0.453 e. The number of nitrogens with two attached hydrogens (primary N) is 1. The van der Waals surface area contributed by atoms with Crippen LogP contribution in [-0.4, -0.2) is 144 Å². The minimum atomic E-state index is -0.450. The first-order chi connectivity index (χ1) is 29.3. The van der Waals surface area contributed by atoms with Crippen molar-refractivity contribution >= 4 is 23.8 Å². The standard InChI is InChI=1S/C21H30F2N4O3.C19H27FN4O3.C2H4ClF/c1-13-7-17(24-6-5-22)18(27(13)20(28)29-2)12-30-16-3-4-21(9-14(21)8-16)19-25-10-15(23)11-26-19;1-11-5-15(21)16(24(11)18(25)26-2)10-27-14-3-4-19(7-12(19)6-14)17-22-8-13(20)9-23-17;3-1-2-4/h10-11,13-14,16-18,24H,3-9,12H2,1-2H3;8-9,11-12,14-16H,3-7,10,21H2,1-2H3;1-2H2/t13-,14-,16+,17+,18+,21-;11-,12-,14+,15+,16+,19-;/m11./s1. The number of ether oxygens (including phenoxy) is 4. The molecule has 2 aromatic rings. The molecular formula is C42H61ClF4N8O6. The van der Waals surface area contributed by atoms with Gasteiger partial charge in [-0.15, -0.1) is 11.6 Å². The first-order valence-electron chi connectivity index (χ1n) is 21.4. The second kappa shape index (κ2) is 20.8. The number of halogens is 5. The van der Waals surface area contributed by atoms with Crippen molar-refractivity contribution in [2.24, 2.45) is 17.6 Å². The molecule has 2 amide bonds. The quantitative estimate of drug-likeness (QED) is 0.195. The van der Waals surface area contributed by atoms with Crippen molar-refractivity contribution in [2.75, 3.05) is 53.2 Å². The van der Waals surface area contributed by atoms with E-state index >= 15 is 0 Å². The Kier molecular flexibility index (Phi) is 16.1. The SMILES string of the molecule is COC(=O)N1[C@H](C)C[C@H](N)[C@@H]1CO[C@H]1CC[C@@]2(c3ncc(F)cn3)C[C@H]2C1.COC(=O)N1[C@H](C)C[C@H](NCCF)[C@@H]1CO[C@H]1CC[C@@]2(c3ncc(F)cn3)C[C@H]2C1.FCCCl. The van der Waals surface area contributed by atoms with Crippen molar-refractivity contribution < 1.29 is 46.1 Å². The molecule has 0 bridgehead atoms. The fourth-order valence-electron chi connectivity index (χ4n) is 10.4. The van der Waals surface area contributed by atoms with Crippen LogP contribution < -0.4 is 11.1 Å². The summed E-state index contributed by atoms with van der Waals surface area (Å²) in [6.45, 7) is 4.17. The lowest BCUT2D eigenvalue weighted by Crippen LogP contribution is -2.49. The summed E-state index contributed by atoms with van der Waals surface area (Å²) in [5.41, 5.74) is 6.21. The van der Waals surface area contributed by atoms with Gasteiger partial charge in [-0.25, -0.2) is 47.1 Å². The number of amides is 2. The molecule has 2 saturated heterocycles. The van der Waals surface area contributed by atoms with Crippen LogP contribution in [0.5, 0.6) is 0 Å². The summed E-state index contributed by atoms with van der Waals surface area (Å²) in [7, 11) is 2.77. The topological polar surface area (TPSA) is 167 Å². The molecule has 340 valence electrons. The van der Waals surface area contributed by atoms with Crippen LogP contribution in [0, 0.1) is 23.5 Å². The van der Waals surface area contributed by atoms with Crippen molar-refractivity contribution in [3.05, 3.63) is 48.1 Å². The van der Waals surface area contributed by atoms with Gasteiger partial charge >= 0.3 is 12.2 Å². The predicted octanol–water partition coefficient (Wildman–Crippen LogP) is 5.79. The Morgan fingerprint density at radius 2 is 1.21 bits per heavy atom. The third kappa shape index (κ3) is 10.7. The minimum absolute atomic E-state index is 0.00113. The number of aromatic nitrogens is 4. The summed E-state index contributed by atoms with van der Waals surface area (Å²) in [6, 6.07) is -0.411. The summed E-state index contributed by atoms with van der Waals surface area (Å²) in [5.74, 6) is 1.74. The number of methoxy groups -OCH3 is 2. The third-order valence-corrected chi connectivity index (χ3v) is 13.8. The monoisotopic (exact) mass is 884 g/mol. The number of rotatable bonds is 12. The zero-order valence-electron chi connectivity index (χ0n) is 35.5. The van der Waals surface area contributed by atoms with E-state index < -0.39 is 25.0 Å². The molecule has 0 radical (unpaired) electrons. The van der Waals surface area contributed by atoms with E-state index in [1.54, 1.807) is 9.80 Å². The van der Waals surface area contributed by atoms with Crippen LogP contribution in [0.4, 0.5) is 27.2 Å². The van der Waals surface area contributed by atoms with E-state index in [-0.39, 0.29) is 83.9 Å². The van der Waals surface area contributed by atoms with Crippen LogP contribution in [0.2, 0.25) is 0 Å². The van der Waals surface area contributed by atoms with Crippen LogP contribution in [0.15, 0.2) is 24.8 Å². The highest BCUT2D eigenvalue weighted by Crippen LogP contribution is 2.62. The first kappa shape index (κ1) is 47.0. The van der Waals surface area contributed by atoms with E-state index in [1.165, 1.54) is 39.0 Å². The molecule has 19 heteroatoms. The second-order valence-corrected chi connectivity index (χ2v) is 17.8. The third-order valence-electron chi connectivity index (χ3n) is 13.7. The van der Waals surface area contributed by atoms with Gasteiger partial charge in [0.25, 0.3) is 0 Å². The Morgan fingerprint density at radius 3 is 1.64 bits per heavy atom. The fourth-order valence-corrected chi connectivity index (χ4v) is 10.4. The van der Waals surface area contributed by atoms with Gasteiger partial charge in [0.1, 0.15) is 25.0 Å². The number of carbonyl (C=O) groups is 2. The van der Waals surface area contributed by atoms with E-state index in [0.29, 0.717) is 25.0 Å². The van der Waals surface area contributed by atoms with Gasteiger partial charge in [-0.1, -0.05) is 0 Å². The highest BCUT2D eigenvalue weighted by molar-refractivity contribution is 6.17.